The lowest BCUT2D eigenvalue weighted by molar-refractivity contribution is 0.0767. The Morgan fingerprint density at radius 3 is 2.16 bits per heavy atom. The van der Waals surface area contributed by atoms with E-state index in [1.54, 1.807) is 7.05 Å². The van der Waals surface area contributed by atoms with Crippen LogP contribution in [0.1, 0.15) is 10.4 Å². The second-order valence-corrected chi connectivity index (χ2v) is 4.39. The van der Waals surface area contributed by atoms with Gasteiger partial charge >= 0.3 is 0 Å². The van der Waals surface area contributed by atoms with Crippen LogP contribution in [0.25, 0.3) is 11.1 Å². The summed E-state index contributed by atoms with van der Waals surface area (Å²) in [6.07, 6.45) is 0. The molecule has 0 heterocycles. The Labute approximate surface area is 113 Å². The van der Waals surface area contributed by atoms with E-state index < -0.39 is 0 Å². The Hall–Kier alpha value is -2.13. The van der Waals surface area contributed by atoms with E-state index in [2.05, 4.69) is 0 Å². The van der Waals surface area contributed by atoms with Crippen molar-refractivity contribution in [3.8, 4) is 11.1 Å². The van der Waals surface area contributed by atoms with Crippen LogP contribution in [0.15, 0.2) is 54.6 Å². The van der Waals surface area contributed by atoms with Crippen molar-refractivity contribution in [2.24, 2.45) is 0 Å². The van der Waals surface area contributed by atoms with E-state index in [0.29, 0.717) is 12.1 Å². The Morgan fingerprint density at radius 1 is 1.00 bits per heavy atom. The molecular formula is C16H17NO2. The van der Waals surface area contributed by atoms with Gasteiger partial charge in [0.15, 0.2) is 0 Å². The monoisotopic (exact) mass is 255 g/mol. The van der Waals surface area contributed by atoms with Gasteiger partial charge in [-0.1, -0.05) is 42.5 Å². The van der Waals surface area contributed by atoms with E-state index in [-0.39, 0.29) is 12.5 Å². The molecule has 98 valence electrons. The molecule has 0 aliphatic rings. The number of carbonyl (C=O) groups excluding carboxylic acids is 1. The maximum atomic E-state index is 12.0. The molecule has 0 spiro atoms. The minimum absolute atomic E-state index is 0.0235. The summed E-state index contributed by atoms with van der Waals surface area (Å²) in [4.78, 5) is 13.5. The first-order valence-electron chi connectivity index (χ1n) is 6.24. The van der Waals surface area contributed by atoms with Crippen LogP contribution in [-0.4, -0.2) is 36.1 Å². The van der Waals surface area contributed by atoms with Gasteiger partial charge in [0.05, 0.1) is 6.61 Å². The van der Waals surface area contributed by atoms with Crippen molar-refractivity contribution < 1.29 is 9.90 Å². The van der Waals surface area contributed by atoms with Gasteiger partial charge in [-0.25, -0.2) is 0 Å². The topological polar surface area (TPSA) is 40.5 Å². The number of aliphatic hydroxyl groups is 1. The average molecular weight is 255 g/mol. The zero-order chi connectivity index (χ0) is 13.7. The molecule has 0 radical (unpaired) electrons. The summed E-state index contributed by atoms with van der Waals surface area (Å²) in [5.74, 6) is -0.0753. The zero-order valence-electron chi connectivity index (χ0n) is 10.9. The number of carbonyl (C=O) groups is 1. The van der Waals surface area contributed by atoms with Crippen molar-refractivity contribution in [2.45, 2.75) is 0 Å². The SMILES string of the molecule is CN(CCO)C(=O)c1ccc(-c2ccccc2)cc1. The fourth-order valence-corrected chi connectivity index (χ4v) is 1.91. The molecule has 3 nitrogen and oxygen atoms in total. The standard InChI is InChI=1S/C16H17NO2/c1-17(11-12-18)16(19)15-9-7-14(8-10-15)13-5-3-2-4-6-13/h2-10,18H,11-12H2,1H3. The highest BCUT2D eigenvalue weighted by Gasteiger charge is 2.10. The minimum Gasteiger partial charge on any atom is -0.395 e. The molecule has 0 saturated heterocycles. The van der Waals surface area contributed by atoms with Gasteiger partial charge in [-0.15, -0.1) is 0 Å². The van der Waals surface area contributed by atoms with E-state index >= 15 is 0 Å². The molecule has 0 unspecified atom stereocenters. The van der Waals surface area contributed by atoms with Gasteiger partial charge in [0.25, 0.3) is 5.91 Å². The first-order valence-corrected chi connectivity index (χ1v) is 6.24. The maximum absolute atomic E-state index is 12.0. The van der Waals surface area contributed by atoms with Crippen LogP contribution < -0.4 is 0 Å². The number of likely N-dealkylation sites (N-methyl/N-ethyl adjacent to an activating group) is 1. The summed E-state index contributed by atoms with van der Waals surface area (Å²) in [5, 5.41) is 8.83. The molecule has 1 amide bonds. The van der Waals surface area contributed by atoms with E-state index in [4.69, 9.17) is 5.11 Å². The van der Waals surface area contributed by atoms with Crippen LogP contribution in [0.5, 0.6) is 0 Å². The molecule has 19 heavy (non-hydrogen) atoms. The van der Waals surface area contributed by atoms with Crippen molar-refractivity contribution in [2.75, 3.05) is 20.2 Å². The second-order valence-electron chi connectivity index (χ2n) is 4.39. The lowest BCUT2D eigenvalue weighted by atomic mass is 10.0. The average Bonchev–Trinajstić information content (AvgIpc) is 2.48. The van der Waals surface area contributed by atoms with E-state index in [1.165, 1.54) is 4.90 Å². The highest BCUT2D eigenvalue weighted by Crippen LogP contribution is 2.19. The Morgan fingerprint density at radius 2 is 1.58 bits per heavy atom. The van der Waals surface area contributed by atoms with Gasteiger partial charge in [0.2, 0.25) is 0 Å². The molecule has 3 heteroatoms. The second kappa shape index (κ2) is 6.16. The predicted octanol–water partition coefficient (Wildman–Crippen LogP) is 2.42. The van der Waals surface area contributed by atoms with Gasteiger partial charge in [0.1, 0.15) is 0 Å². The molecule has 2 aromatic carbocycles. The Bertz CT molecular complexity index is 534. The Balaban J connectivity index is 2.17. The fraction of sp³-hybridized carbons (Fsp3) is 0.188. The van der Waals surface area contributed by atoms with Crippen LogP contribution in [0.4, 0.5) is 0 Å². The first-order chi connectivity index (χ1) is 9.22. The fourth-order valence-electron chi connectivity index (χ4n) is 1.91. The minimum atomic E-state index is -0.0753. The number of hydrogen-bond donors (Lipinski definition) is 1. The lowest BCUT2D eigenvalue weighted by Crippen LogP contribution is -2.29. The number of aliphatic hydroxyl groups excluding tert-OH is 1. The van der Waals surface area contributed by atoms with Crippen LogP contribution in [0.3, 0.4) is 0 Å². The van der Waals surface area contributed by atoms with Crippen LogP contribution in [0.2, 0.25) is 0 Å². The molecule has 1 N–H and O–H groups in total. The number of rotatable bonds is 4. The van der Waals surface area contributed by atoms with Crippen LogP contribution >= 0.6 is 0 Å². The third-order valence-electron chi connectivity index (χ3n) is 3.02. The highest BCUT2D eigenvalue weighted by atomic mass is 16.3. The molecule has 0 aliphatic heterocycles. The molecule has 0 atom stereocenters. The van der Waals surface area contributed by atoms with Crippen molar-refractivity contribution in [3.63, 3.8) is 0 Å². The van der Waals surface area contributed by atoms with Gasteiger partial charge in [-0.2, -0.15) is 0 Å². The van der Waals surface area contributed by atoms with Crippen molar-refractivity contribution in [1.82, 2.24) is 4.90 Å². The van der Waals surface area contributed by atoms with Gasteiger partial charge < -0.3 is 10.0 Å². The lowest BCUT2D eigenvalue weighted by Gasteiger charge is -2.15. The van der Waals surface area contributed by atoms with Crippen LogP contribution in [0, 0.1) is 0 Å². The Kier molecular flexibility index (Phi) is 4.31. The zero-order valence-corrected chi connectivity index (χ0v) is 10.9. The number of benzene rings is 2. The number of amides is 1. The van der Waals surface area contributed by atoms with Crippen LogP contribution in [-0.2, 0) is 0 Å². The molecule has 0 aliphatic carbocycles. The largest absolute Gasteiger partial charge is 0.395 e. The summed E-state index contributed by atoms with van der Waals surface area (Å²) in [7, 11) is 1.68. The predicted molar refractivity (Wildman–Crippen MR) is 75.9 cm³/mol. The first kappa shape index (κ1) is 13.3. The highest BCUT2D eigenvalue weighted by molar-refractivity contribution is 5.94. The molecule has 0 fully saturated rings. The molecule has 2 rings (SSSR count). The summed E-state index contributed by atoms with van der Waals surface area (Å²) in [5.41, 5.74) is 2.85. The van der Waals surface area contributed by atoms with Gasteiger partial charge in [-0.3, -0.25) is 4.79 Å². The maximum Gasteiger partial charge on any atom is 0.253 e. The molecular weight excluding hydrogens is 238 g/mol. The number of hydrogen-bond acceptors (Lipinski definition) is 2. The third-order valence-corrected chi connectivity index (χ3v) is 3.02. The normalized spacial score (nSPS) is 10.2. The van der Waals surface area contributed by atoms with E-state index in [9.17, 15) is 4.79 Å². The molecule has 0 aromatic heterocycles. The smallest absolute Gasteiger partial charge is 0.253 e. The molecule has 0 bridgehead atoms. The van der Waals surface area contributed by atoms with E-state index in [1.807, 2.05) is 54.6 Å². The van der Waals surface area contributed by atoms with Crippen molar-refractivity contribution in [3.05, 3.63) is 60.2 Å². The van der Waals surface area contributed by atoms with Gasteiger partial charge in [0, 0.05) is 19.2 Å². The third kappa shape index (κ3) is 3.20. The quantitative estimate of drug-likeness (QED) is 0.911. The van der Waals surface area contributed by atoms with E-state index in [0.717, 1.165) is 11.1 Å². The van der Waals surface area contributed by atoms with Crippen molar-refractivity contribution >= 4 is 5.91 Å². The molecule has 2 aromatic rings. The summed E-state index contributed by atoms with van der Waals surface area (Å²) in [6.45, 7) is 0.323. The summed E-state index contributed by atoms with van der Waals surface area (Å²) >= 11 is 0. The van der Waals surface area contributed by atoms with Gasteiger partial charge in [-0.05, 0) is 23.3 Å². The summed E-state index contributed by atoms with van der Waals surface area (Å²) < 4.78 is 0. The van der Waals surface area contributed by atoms with Crippen molar-refractivity contribution in [1.29, 1.82) is 0 Å². The summed E-state index contributed by atoms with van der Waals surface area (Å²) in [6, 6.07) is 17.5. The number of nitrogens with zero attached hydrogens (tertiary/aromatic N) is 1. The molecule has 0 saturated carbocycles.